The minimum Gasteiger partial charge on any atom is -0.415 e. The number of hydrogen-bond donors (Lipinski definition) is 0. The first-order valence-electron chi connectivity index (χ1n) is 8.91. The zero-order valence-electron chi connectivity index (χ0n) is 16.4. The van der Waals surface area contributed by atoms with E-state index in [9.17, 15) is 14.4 Å². The number of rotatable bonds is 9. The minimum absolute atomic E-state index is 0.347. The quantitative estimate of drug-likeness (QED) is 0.331. The molecule has 1 heterocycles. The van der Waals surface area contributed by atoms with Crippen LogP contribution in [0.5, 0.6) is 0 Å². The Morgan fingerprint density at radius 3 is 1.92 bits per heavy atom. The largest absolute Gasteiger partial charge is 0.415 e. The van der Waals surface area contributed by atoms with Crippen LogP contribution in [0.3, 0.4) is 0 Å². The molecule has 10 heteroatoms. The van der Waals surface area contributed by atoms with Crippen LogP contribution in [0.15, 0.2) is 15.0 Å². The molecule has 7 nitrogen and oxygen atoms in total. The molecule has 1 fully saturated rings. The van der Waals surface area contributed by atoms with E-state index in [-0.39, 0.29) is 5.60 Å². The molecule has 0 amide bonds. The summed E-state index contributed by atoms with van der Waals surface area (Å²) >= 11 is 0. The van der Waals surface area contributed by atoms with E-state index in [4.69, 9.17) is 4.43 Å². The molecular formula is C16H29N3O4Si3. The smallest absolute Gasteiger partial charge is 0.234 e. The van der Waals surface area contributed by atoms with Crippen molar-refractivity contribution in [2.24, 2.45) is 15.0 Å². The lowest BCUT2D eigenvalue weighted by molar-refractivity contribution is 0.0918. The Labute approximate surface area is 157 Å². The van der Waals surface area contributed by atoms with Gasteiger partial charge in [0, 0.05) is 14.1 Å². The van der Waals surface area contributed by atoms with Gasteiger partial charge in [-0.15, -0.1) is 0 Å². The first kappa shape index (κ1) is 22.8. The minimum atomic E-state index is -2.15. The van der Waals surface area contributed by atoms with Crippen LogP contribution >= 0.6 is 0 Å². The third kappa shape index (κ3) is 4.92. The van der Waals surface area contributed by atoms with E-state index in [1.807, 2.05) is 0 Å². The number of aliphatic imine (C=N–C) groups is 3. The molecule has 0 radical (unpaired) electrons. The Kier molecular flexibility index (Phi) is 7.98. The first-order valence-corrected chi connectivity index (χ1v) is 19.4. The Morgan fingerprint density at radius 1 is 0.885 bits per heavy atom. The summed E-state index contributed by atoms with van der Waals surface area (Å²) in [5, 5.41) is 0. The lowest BCUT2D eigenvalue weighted by Crippen LogP contribution is -2.80. The van der Waals surface area contributed by atoms with Crippen LogP contribution < -0.4 is 0 Å². The third-order valence-corrected chi connectivity index (χ3v) is 46.6. The van der Waals surface area contributed by atoms with Crippen molar-refractivity contribution < 1.29 is 18.8 Å². The Hall–Kier alpha value is -1.25. The number of isocyanates is 3. The van der Waals surface area contributed by atoms with E-state index < -0.39 is 22.5 Å². The van der Waals surface area contributed by atoms with Gasteiger partial charge in [0.15, 0.2) is 7.83 Å². The third-order valence-electron chi connectivity index (χ3n) is 6.49. The molecule has 0 aliphatic carbocycles. The molecule has 26 heavy (non-hydrogen) atoms. The fourth-order valence-electron chi connectivity index (χ4n) is 4.30. The van der Waals surface area contributed by atoms with E-state index in [1.54, 1.807) is 18.2 Å². The summed E-state index contributed by atoms with van der Waals surface area (Å²) in [4.78, 5) is 42.8. The highest BCUT2D eigenvalue weighted by Crippen LogP contribution is 2.48. The molecule has 0 spiro atoms. The Morgan fingerprint density at radius 2 is 1.38 bits per heavy atom. The second kappa shape index (κ2) is 9.10. The van der Waals surface area contributed by atoms with E-state index in [0.29, 0.717) is 26.1 Å². The van der Waals surface area contributed by atoms with Gasteiger partial charge in [-0.05, 0) is 38.0 Å². The van der Waals surface area contributed by atoms with Crippen molar-refractivity contribution >= 4 is 40.8 Å². The van der Waals surface area contributed by atoms with Crippen LogP contribution in [-0.2, 0) is 18.8 Å². The maximum absolute atomic E-state index is 10.5. The second-order valence-electron chi connectivity index (χ2n) is 8.31. The average Bonchev–Trinajstić information content (AvgIpc) is 2.54. The average molecular weight is 412 g/mol. The van der Waals surface area contributed by atoms with Gasteiger partial charge in [0.1, 0.15) is 0 Å². The van der Waals surface area contributed by atoms with Crippen LogP contribution in [0.4, 0.5) is 0 Å². The van der Waals surface area contributed by atoms with Crippen LogP contribution in [-0.4, -0.2) is 66.0 Å². The fourth-order valence-corrected chi connectivity index (χ4v) is 39.4. The molecule has 3 unspecified atom stereocenters. The number of nitrogens with zero attached hydrogens (tertiary/aromatic N) is 3. The summed E-state index contributed by atoms with van der Waals surface area (Å²) in [6, 6.07) is 2.71. The molecule has 0 aromatic rings. The molecule has 144 valence electrons. The van der Waals surface area contributed by atoms with Crippen LogP contribution in [0, 0.1) is 0 Å². The number of carbonyl (C=O) groups excluding carboxylic acids is 3. The van der Waals surface area contributed by atoms with Gasteiger partial charge in [-0.25, -0.2) is 29.4 Å². The predicted molar refractivity (Wildman–Crippen MR) is 108 cm³/mol. The summed E-state index contributed by atoms with van der Waals surface area (Å²) in [5.41, 5.74) is -0.347. The maximum atomic E-state index is 10.5. The fraction of sp³-hybridized carbons (Fsp3) is 0.812. The molecule has 1 rings (SSSR count). The molecular weight excluding hydrogens is 382 g/mol. The lowest BCUT2D eigenvalue weighted by atomic mass is 10.1. The van der Waals surface area contributed by atoms with Gasteiger partial charge in [-0.2, -0.15) is 0 Å². The highest BCUT2D eigenvalue weighted by atomic mass is 29.6. The topological polar surface area (TPSA) is 97.5 Å². The van der Waals surface area contributed by atoms with E-state index in [2.05, 4.69) is 48.1 Å². The van der Waals surface area contributed by atoms with Gasteiger partial charge < -0.3 is 4.43 Å². The molecule has 1 saturated heterocycles. The summed E-state index contributed by atoms with van der Waals surface area (Å²) in [7, 11) is -5.68. The van der Waals surface area contributed by atoms with Gasteiger partial charge in [0.25, 0.3) is 0 Å². The summed E-state index contributed by atoms with van der Waals surface area (Å²) in [6.07, 6.45) is 5.56. The Bertz CT molecular complexity index is 615. The van der Waals surface area contributed by atoms with Crippen molar-refractivity contribution in [2.75, 3.05) is 19.6 Å². The van der Waals surface area contributed by atoms with Crippen molar-refractivity contribution in [2.45, 2.75) is 63.3 Å². The van der Waals surface area contributed by atoms with Gasteiger partial charge in [-0.1, -0.05) is 19.6 Å². The molecule has 0 aromatic heterocycles. The van der Waals surface area contributed by atoms with Gasteiger partial charge in [0.05, 0.1) is 25.8 Å². The monoisotopic (exact) mass is 411 g/mol. The standard InChI is InChI=1S/C16H29N3O4Si3/c1-16(6-7-17-13-20)12-25(4,10-8-18-14-21)24(2,3)26(5,23-16)11-9-19-15-22/h6-12H2,1-5H3. The van der Waals surface area contributed by atoms with Crippen LogP contribution in [0.1, 0.15) is 13.3 Å². The van der Waals surface area contributed by atoms with Crippen LogP contribution in [0.2, 0.25) is 44.3 Å². The van der Waals surface area contributed by atoms with Crippen molar-refractivity contribution in [3.8, 4) is 0 Å². The summed E-state index contributed by atoms with van der Waals surface area (Å²) in [5.74, 6) is 0. The molecule has 0 aromatic carbocycles. The van der Waals surface area contributed by atoms with Gasteiger partial charge >= 0.3 is 0 Å². The van der Waals surface area contributed by atoms with Crippen molar-refractivity contribution in [1.82, 2.24) is 0 Å². The zero-order chi connectivity index (χ0) is 19.9. The lowest BCUT2D eigenvalue weighted by Gasteiger charge is -2.60. The first-order chi connectivity index (χ1) is 12.1. The summed E-state index contributed by atoms with van der Waals surface area (Å²) in [6.45, 7) is 13.0. The molecule has 0 bridgehead atoms. The normalized spacial score (nSPS) is 32.7. The second-order valence-corrected chi connectivity index (χ2v) is 34.5. The predicted octanol–water partition coefficient (Wildman–Crippen LogP) is 2.69. The zero-order valence-corrected chi connectivity index (χ0v) is 19.4. The van der Waals surface area contributed by atoms with Crippen molar-refractivity contribution in [3.05, 3.63) is 0 Å². The van der Waals surface area contributed by atoms with Gasteiger partial charge in [0.2, 0.25) is 18.2 Å². The molecule has 0 saturated carbocycles. The van der Waals surface area contributed by atoms with E-state index >= 15 is 0 Å². The molecule has 1 aliphatic rings. The molecule has 0 N–H and O–H groups in total. The van der Waals surface area contributed by atoms with Gasteiger partial charge in [-0.3, -0.25) is 0 Å². The van der Waals surface area contributed by atoms with E-state index in [0.717, 1.165) is 18.1 Å². The molecule has 3 atom stereocenters. The molecule has 1 aliphatic heterocycles. The SMILES string of the molecule is CC1(CCN=C=O)C[Si](C)(CCN=C=O)[Si](C)(C)[Si](C)(CCN=C=O)O1. The van der Waals surface area contributed by atoms with E-state index in [1.165, 1.54) is 0 Å². The number of hydrogen-bond acceptors (Lipinski definition) is 7. The highest BCUT2D eigenvalue weighted by molar-refractivity contribution is 7.68. The summed E-state index contributed by atoms with van der Waals surface area (Å²) < 4.78 is 6.82. The van der Waals surface area contributed by atoms with Crippen LogP contribution in [0.25, 0.3) is 0 Å². The van der Waals surface area contributed by atoms with Crippen molar-refractivity contribution in [3.63, 3.8) is 0 Å². The van der Waals surface area contributed by atoms with Crippen molar-refractivity contribution in [1.29, 1.82) is 0 Å². The highest BCUT2D eigenvalue weighted by Gasteiger charge is 2.64. The Balaban J connectivity index is 3.26. The maximum Gasteiger partial charge on any atom is 0.234 e.